The lowest BCUT2D eigenvalue weighted by Gasteiger charge is -2.07. The summed E-state index contributed by atoms with van der Waals surface area (Å²) >= 11 is 13.5. The number of nitrogens with zero attached hydrogens (tertiary/aromatic N) is 4. The highest BCUT2D eigenvalue weighted by atomic mass is 35.5. The molecular formula is C18H13Cl2N7S. The van der Waals surface area contributed by atoms with Crippen LogP contribution >= 0.6 is 34.5 Å². The summed E-state index contributed by atoms with van der Waals surface area (Å²) in [5.41, 5.74) is 8.27. The number of para-hydroxylation sites is 1. The van der Waals surface area contributed by atoms with Gasteiger partial charge in [0.25, 0.3) is 0 Å². The van der Waals surface area contributed by atoms with Gasteiger partial charge in [-0.25, -0.2) is 4.98 Å². The van der Waals surface area contributed by atoms with Gasteiger partial charge in [-0.1, -0.05) is 47.5 Å². The van der Waals surface area contributed by atoms with Crippen molar-refractivity contribution in [2.45, 2.75) is 0 Å². The molecule has 2 aromatic heterocycles. The molecule has 10 heteroatoms. The van der Waals surface area contributed by atoms with Gasteiger partial charge >= 0.3 is 0 Å². The summed E-state index contributed by atoms with van der Waals surface area (Å²) in [5, 5.41) is 9.62. The fourth-order valence-corrected chi connectivity index (χ4v) is 3.38. The molecule has 0 atom stereocenters. The minimum absolute atomic E-state index is 0.0946. The van der Waals surface area contributed by atoms with Crippen molar-refractivity contribution in [3.05, 3.63) is 64.0 Å². The van der Waals surface area contributed by atoms with Crippen LogP contribution in [-0.2, 0) is 0 Å². The molecule has 0 unspecified atom stereocenters. The van der Waals surface area contributed by atoms with Gasteiger partial charge in [0.15, 0.2) is 5.13 Å². The molecule has 0 aliphatic rings. The van der Waals surface area contributed by atoms with E-state index in [9.17, 15) is 0 Å². The van der Waals surface area contributed by atoms with Gasteiger partial charge in [0.1, 0.15) is 0 Å². The number of hydrogen-bond acceptors (Lipinski definition) is 8. The van der Waals surface area contributed by atoms with E-state index < -0.39 is 0 Å². The predicted molar refractivity (Wildman–Crippen MR) is 115 cm³/mol. The number of hydrogen-bond donors (Lipinski definition) is 3. The second-order valence-electron chi connectivity index (χ2n) is 5.62. The molecule has 0 fully saturated rings. The van der Waals surface area contributed by atoms with Gasteiger partial charge in [-0.15, -0.1) is 11.3 Å². The largest absolute Gasteiger partial charge is 0.368 e. The minimum atomic E-state index is 0.0946. The molecule has 0 saturated carbocycles. The van der Waals surface area contributed by atoms with Crippen LogP contribution in [0.4, 0.5) is 28.7 Å². The smallest absolute Gasteiger partial charge is 0.235 e. The van der Waals surface area contributed by atoms with Crippen LogP contribution in [0.5, 0.6) is 0 Å². The van der Waals surface area contributed by atoms with Crippen molar-refractivity contribution in [1.29, 1.82) is 0 Å². The SMILES string of the molecule is Nc1nc(Nc2ccccc2)nc(Nc2nc(-c3ccc(Cl)c(Cl)c3)cs2)n1. The Morgan fingerprint density at radius 1 is 0.821 bits per heavy atom. The van der Waals surface area contributed by atoms with E-state index in [0.717, 1.165) is 16.9 Å². The Bertz CT molecular complexity index is 1120. The molecule has 0 amide bonds. The lowest BCUT2D eigenvalue weighted by atomic mass is 10.2. The monoisotopic (exact) mass is 429 g/mol. The Morgan fingerprint density at radius 2 is 1.57 bits per heavy atom. The number of rotatable bonds is 5. The zero-order chi connectivity index (χ0) is 19.5. The number of halogens is 2. The molecular weight excluding hydrogens is 417 g/mol. The number of benzene rings is 2. The molecule has 4 rings (SSSR count). The summed E-state index contributed by atoms with van der Waals surface area (Å²) in [6.45, 7) is 0. The average Bonchev–Trinajstić information content (AvgIpc) is 3.13. The molecule has 7 nitrogen and oxygen atoms in total. The van der Waals surface area contributed by atoms with Crippen molar-refractivity contribution in [3.63, 3.8) is 0 Å². The third-order valence-corrected chi connectivity index (χ3v) is 5.12. The van der Waals surface area contributed by atoms with E-state index in [-0.39, 0.29) is 5.95 Å². The van der Waals surface area contributed by atoms with Crippen molar-refractivity contribution in [2.75, 3.05) is 16.4 Å². The second-order valence-corrected chi connectivity index (χ2v) is 7.30. The molecule has 2 aromatic carbocycles. The maximum Gasteiger partial charge on any atom is 0.235 e. The first kappa shape index (κ1) is 18.4. The van der Waals surface area contributed by atoms with E-state index in [1.54, 1.807) is 12.1 Å². The van der Waals surface area contributed by atoms with Gasteiger partial charge in [-0.2, -0.15) is 15.0 Å². The van der Waals surface area contributed by atoms with Gasteiger partial charge in [0.05, 0.1) is 15.7 Å². The standard InChI is InChI=1S/C18H13Cl2N7S/c19-12-7-6-10(8-13(12)20)14-9-28-18(23-14)27-17-25-15(21)24-16(26-17)22-11-4-2-1-3-5-11/h1-9H,(H4,21,22,23,24,25,26,27). The van der Waals surface area contributed by atoms with Crippen LogP contribution in [0.15, 0.2) is 53.9 Å². The van der Waals surface area contributed by atoms with Crippen molar-refractivity contribution in [1.82, 2.24) is 19.9 Å². The average molecular weight is 430 g/mol. The maximum absolute atomic E-state index is 6.08. The Hall–Kier alpha value is -2.94. The van der Waals surface area contributed by atoms with Crippen LogP contribution in [0, 0.1) is 0 Å². The molecule has 0 bridgehead atoms. The summed E-state index contributed by atoms with van der Waals surface area (Å²) in [4.78, 5) is 17.1. The van der Waals surface area contributed by atoms with Crippen molar-refractivity contribution in [3.8, 4) is 11.3 Å². The van der Waals surface area contributed by atoms with Gasteiger partial charge in [-0.3, -0.25) is 5.32 Å². The molecule has 28 heavy (non-hydrogen) atoms. The Morgan fingerprint density at radius 3 is 2.32 bits per heavy atom. The number of thiazole rings is 1. The van der Waals surface area contributed by atoms with Crippen molar-refractivity contribution >= 4 is 63.2 Å². The molecule has 0 aliphatic carbocycles. The van der Waals surface area contributed by atoms with E-state index >= 15 is 0 Å². The van der Waals surface area contributed by atoms with E-state index in [4.69, 9.17) is 28.9 Å². The lowest BCUT2D eigenvalue weighted by Crippen LogP contribution is -2.06. The number of nitrogen functional groups attached to an aromatic ring is 1. The molecule has 140 valence electrons. The first-order valence-corrected chi connectivity index (χ1v) is 9.72. The summed E-state index contributed by atoms with van der Waals surface area (Å²) in [6.07, 6.45) is 0. The highest BCUT2D eigenvalue weighted by molar-refractivity contribution is 7.14. The summed E-state index contributed by atoms with van der Waals surface area (Å²) in [7, 11) is 0. The Labute approximate surface area is 174 Å². The minimum Gasteiger partial charge on any atom is -0.368 e. The molecule has 0 saturated heterocycles. The molecule has 4 N–H and O–H groups in total. The second kappa shape index (κ2) is 7.97. The quantitative estimate of drug-likeness (QED) is 0.391. The van der Waals surface area contributed by atoms with Gasteiger partial charge in [-0.05, 0) is 24.3 Å². The third-order valence-electron chi connectivity index (χ3n) is 3.62. The normalized spacial score (nSPS) is 10.6. The predicted octanol–water partition coefficient (Wildman–Crippen LogP) is 5.37. The van der Waals surface area contributed by atoms with E-state index in [1.807, 2.05) is 41.8 Å². The molecule has 0 spiro atoms. The zero-order valence-electron chi connectivity index (χ0n) is 14.2. The fourth-order valence-electron chi connectivity index (χ4n) is 2.37. The zero-order valence-corrected chi connectivity index (χ0v) is 16.6. The Balaban J connectivity index is 1.54. The van der Waals surface area contributed by atoms with E-state index in [2.05, 4.69) is 30.6 Å². The molecule has 0 radical (unpaired) electrons. The summed E-state index contributed by atoms with van der Waals surface area (Å²) in [6, 6.07) is 14.9. The number of nitrogens with two attached hydrogens (primary N) is 1. The van der Waals surface area contributed by atoms with Crippen molar-refractivity contribution < 1.29 is 0 Å². The number of nitrogens with one attached hydrogen (secondary N) is 2. The molecule has 0 aliphatic heterocycles. The summed E-state index contributed by atoms with van der Waals surface area (Å²) < 4.78 is 0. The van der Waals surface area contributed by atoms with Crippen LogP contribution < -0.4 is 16.4 Å². The molecule has 4 aromatic rings. The lowest BCUT2D eigenvalue weighted by molar-refractivity contribution is 1.07. The highest BCUT2D eigenvalue weighted by Crippen LogP contribution is 2.31. The fraction of sp³-hybridized carbons (Fsp3) is 0. The van der Waals surface area contributed by atoms with E-state index in [1.165, 1.54) is 11.3 Å². The first-order valence-electron chi connectivity index (χ1n) is 8.08. The van der Waals surface area contributed by atoms with Gasteiger partial charge < -0.3 is 11.1 Å². The van der Waals surface area contributed by atoms with Crippen LogP contribution in [0.1, 0.15) is 0 Å². The maximum atomic E-state index is 6.08. The Kier molecular flexibility index (Phi) is 5.25. The van der Waals surface area contributed by atoms with Crippen LogP contribution in [0.25, 0.3) is 11.3 Å². The van der Waals surface area contributed by atoms with Gasteiger partial charge in [0, 0.05) is 16.6 Å². The number of anilines is 5. The number of aromatic nitrogens is 4. The van der Waals surface area contributed by atoms with Gasteiger partial charge in [0.2, 0.25) is 17.8 Å². The first-order chi connectivity index (χ1) is 13.6. The summed E-state index contributed by atoms with van der Waals surface area (Å²) in [5.74, 6) is 0.723. The third kappa shape index (κ3) is 4.30. The van der Waals surface area contributed by atoms with Crippen LogP contribution in [0.3, 0.4) is 0 Å². The van der Waals surface area contributed by atoms with Crippen molar-refractivity contribution in [2.24, 2.45) is 0 Å². The topological polar surface area (TPSA) is 102 Å². The van der Waals surface area contributed by atoms with Crippen LogP contribution in [-0.4, -0.2) is 19.9 Å². The molecule has 2 heterocycles. The van der Waals surface area contributed by atoms with E-state index in [0.29, 0.717) is 27.1 Å². The highest BCUT2D eigenvalue weighted by Gasteiger charge is 2.10. The van der Waals surface area contributed by atoms with Crippen LogP contribution in [0.2, 0.25) is 10.0 Å².